The van der Waals surface area contributed by atoms with Crippen LogP contribution in [0.2, 0.25) is 0 Å². The average molecular weight is 631 g/mol. The molecule has 5 aromatic carbocycles. The second-order valence-corrected chi connectivity index (χ2v) is 11.6. The summed E-state index contributed by atoms with van der Waals surface area (Å²) < 4.78 is 7.37. The first-order valence-corrected chi connectivity index (χ1v) is 15.2. The van der Waals surface area contributed by atoms with E-state index in [1.165, 1.54) is 0 Å². The van der Waals surface area contributed by atoms with Gasteiger partial charge in [-0.05, 0) is 70.8 Å². The molecule has 0 saturated heterocycles. The first kappa shape index (κ1) is 26.3. The minimum atomic E-state index is 0.662. The van der Waals surface area contributed by atoms with Crippen molar-refractivity contribution in [1.29, 1.82) is 0 Å². The lowest BCUT2D eigenvalue weighted by Crippen LogP contribution is -1.96. The van der Waals surface area contributed by atoms with E-state index in [-0.39, 0.29) is 0 Å². The highest BCUT2D eigenvalue weighted by molar-refractivity contribution is 9.10. The largest absolute Gasteiger partial charge is 0.455 e. The number of furan rings is 1. The minimum absolute atomic E-state index is 0.662. The zero-order valence-corrected chi connectivity index (χ0v) is 25.1. The fraction of sp³-hybridized carbons (Fsp3) is 0. The Labute approximate surface area is 262 Å². The first-order valence-electron chi connectivity index (χ1n) is 14.4. The van der Waals surface area contributed by atoms with Crippen LogP contribution < -0.4 is 0 Å². The molecule has 0 radical (unpaired) electrons. The maximum absolute atomic E-state index is 6.40. The van der Waals surface area contributed by atoms with Gasteiger partial charge in [-0.1, -0.05) is 101 Å². The fourth-order valence-electron chi connectivity index (χ4n) is 5.70. The van der Waals surface area contributed by atoms with Crippen molar-refractivity contribution in [1.82, 2.24) is 15.0 Å². The summed E-state index contributed by atoms with van der Waals surface area (Å²) in [5, 5.41) is 2.16. The normalized spacial score (nSPS) is 11.3. The topological polar surface area (TPSA) is 51.8 Å². The summed E-state index contributed by atoms with van der Waals surface area (Å²) in [6.45, 7) is 0. The number of para-hydroxylation sites is 2. The predicted molar refractivity (Wildman–Crippen MR) is 182 cm³/mol. The van der Waals surface area contributed by atoms with Crippen molar-refractivity contribution in [2.45, 2.75) is 0 Å². The number of benzene rings is 5. The molecule has 3 aromatic heterocycles. The van der Waals surface area contributed by atoms with Gasteiger partial charge in [0, 0.05) is 44.3 Å². The van der Waals surface area contributed by atoms with Gasteiger partial charge in [-0.25, -0.2) is 9.97 Å². The third-order valence-electron chi connectivity index (χ3n) is 7.86. The van der Waals surface area contributed by atoms with Gasteiger partial charge < -0.3 is 4.42 Å². The Bertz CT molecular complexity index is 2280. The summed E-state index contributed by atoms with van der Waals surface area (Å²) in [5.74, 6) is 0.662. The zero-order chi connectivity index (χ0) is 29.5. The van der Waals surface area contributed by atoms with Gasteiger partial charge in [-0.15, -0.1) is 0 Å². The van der Waals surface area contributed by atoms with Gasteiger partial charge in [0.1, 0.15) is 11.2 Å². The molecule has 44 heavy (non-hydrogen) atoms. The van der Waals surface area contributed by atoms with E-state index in [4.69, 9.17) is 14.4 Å². The molecule has 4 nitrogen and oxygen atoms in total. The van der Waals surface area contributed by atoms with Crippen LogP contribution in [0.15, 0.2) is 155 Å². The van der Waals surface area contributed by atoms with Gasteiger partial charge in [-0.2, -0.15) is 0 Å². The smallest absolute Gasteiger partial charge is 0.160 e. The van der Waals surface area contributed by atoms with Crippen LogP contribution in [0.25, 0.3) is 78.1 Å². The SMILES string of the molecule is Brc1cc(-c2ccc(-c3ccncc3)cc2)cc(-c2cc(-c3cccc4c3oc3ccccc34)nc(-c3ccccc3)n2)c1. The third kappa shape index (κ3) is 4.87. The van der Waals surface area contributed by atoms with Crippen LogP contribution in [0.5, 0.6) is 0 Å². The molecular weight excluding hydrogens is 606 g/mol. The van der Waals surface area contributed by atoms with E-state index >= 15 is 0 Å². The van der Waals surface area contributed by atoms with E-state index in [1.807, 2.05) is 73.1 Å². The van der Waals surface area contributed by atoms with E-state index in [0.29, 0.717) is 5.82 Å². The number of rotatable bonds is 5. The Balaban J connectivity index is 1.28. The van der Waals surface area contributed by atoms with Crippen LogP contribution in [0.3, 0.4) is 0 Å². The minimum Gasteiger partial charge on any atom is -0.455 e. The molecule has 3 heterocycles. The standard InChI is InChI=1S/C39H24BrN3O/c40-31-22-29(26-15-13-25(14-16-26)27-17-19-41-20-18-27)21-30(23-31)35-24-36(43-39(42-35)28-7-2-1-3-8-28)34-11-6-10-33-32-9-4-5-12-37(32)44-38(33)34/h1-24H. The second kappa shape index (κ2) is 11.0. The quantitative estimate of drug-likeness (QED) is 0.190. The molecule has 0 aliphatic rings. The monoisotopic (exact) mass is 629 g/mol. The van der Waals surface area contributed by atoms with E-state index in [9.17, 15) is 0 Å². The Morgan fingerprint density at radius 1 is 0.477 bits per heavy atom. The molecule has 0 spiro atoms. The van der Waals surface area contributed by atoms with Gasteiger partial charge in [0.25, 0.3) is 0 Å². The number of halogens is 1. The molecule has 8 rings (SSSR count). The number of fused-ring (bicyclic) bond motifs is 3. The van der Waals surface area contributed by atoms with E-state index in [1.54, 1.807) is 0 Å². The molecule has 0 fully saturated rings. The lowest BCUT2D eigenvalue weighted by atomic mass is 9.98. The molecule has 0 aliphatic carbocycles. The van der Waals surface area contributed by atoms with E-state index < -0.39 is 0 Å². The summed E-state index contributed by atoms with van der Waals surface area (Å²) in [5.41, 5.74) is 10.7. The van der Waals surface area contributed by atoms with Gasteiger partial charge in [0.05, 0.1) is 11.4 Å². The van der Waals surface area contributed by atoms with Crippen molar-refractivity contribution < 1.29 is 4.42 Å². The Morgan fingerprint density at radius 3 is 1.95 bits per heavy atom. The van der Waals surface area contributed by atoms with Gasteiger partial charge in [-0.3, -0.25) is 4.98 Å². The van der Waals surface area contributed by atoms with Crippen LogP contribution >= 0.6 is 15.9 Å². The average Bonchev–Trinajstić information content (AvgIpc) is 3.48. The molecule has 0 aliphatic heterocycles. The highest BCUT2D eigenvalue weighted by atomic mass is 79.9. The molecule has 0 atom stereocenters. The fourth-order valence-corrected chi connectivity index (χ4v) is 6.20. The van der Waals surface area contributed by atoms with Crippen molar-refractivity contribution in [2.24, 2.45) is 0 Å². The third-order valence-corrected chi connectivity index (χ3v) is 8.32. The number of aromatic nitrogens is 3. The number of hydrogen-bond donors (Lipinski definition) is 0. The van der Waals surface area contributed by atoms with Crippen molar-refractivity contribution in [3.05, 3.63) is 150 Å². The van der Waals surface area contributed by atoms with Crippen LogP contribution in [-0.2, 0) is 0 Å². The molecule has 0 saturated carbocycles. The molecule has 208 valence electrons. The molecular formula is C39H24BrN3O. The highest BCUT2D eigenvalue weighted by Crippen LogP contribution is 2.38. The van der Waals surface area contributed by atoms with Crippen LogP contribution in [0.4, 0.5) is 0 Å². The maximum Gasteiger partial charge on any atom is 0.160 e. The molecule has 0 bridgehead atoms. The summed E-state index contributed by atoms with van der Waals surface area (Å²) in [4.78, 5) is 14.3. The number of nitrogens with zero attached hydrogens (tertiary/aromatic N) is 3. The molecule has 0 unspecified atom stereocenters. The van der Waals surface area contributed by atoms with Crippen molar-refractivity contribution in [3.8, 4) is 56.2 Å². The lowest BCUT2D eigenvalue weighted by molar-refractivity contribution is 0.670. The van der Waals surface area contributed by atoms with Crippen molar-refractivity contribution in [3.63, 3.8) is 0 Å². The second-order valence-electron chi connectivity index (χ2n) is 10.7. The molecule has 0 N–H and O–H groups in total. The summed E-state index contributed by atoms with van der Waals surface area (Å²) in [6, 6.07) is 45.6. The maximum atomic E-state index is 6.40. The number of hydrogen-bond acceptors (Lipinski definition) is 4. The van der Waals surface area contributed by atoms with Crippen LogP contribution in [-0.4, -0.2) is 15.0 Å². The van der Waals surface area contributed by atoms with Crippen molar-refractivity contribution in [2.75, 3.05) is 0 Å². The summed E-state index contributed by atoms with van der Waals surface area (Å²) in [7, 11) is 0. The molecule has 0 amide bonds. The molecule has 5 heteroatoms. The first-order chi connectivity index (χ1) is 21.7. The summed E-state index contributed by atoms with van der Waals surface area (Å²) >= 11 is 3.77. The molecule has 8 aromatic rings. The Morgan fingerprint density at radius 2 is 1.14 bits per heavy atom. The van der Waals surface area contributed by atoms with Crippen LogP contribution in [0, 0.1) is 0 Å². The van der Waals surface area contributed by atoms with Gasteiger partial charge in [0.15, 0.2) is 5.82 Å². The van der Waals surface area contributed by atoms with E-state index in [2.05, 4.69) is 93.7 Å². The Hall–Kier alpha value is -5.39. The number of pyridine rings is 1. The zero-order valence-electron chi connectivity index (χ0n) is 23.5. The lowest BCUT2D eigenvalue weighted by Gasteiger charge is -2.12. The van der Waals surface area contributed by atoms with Gasteiger partial charge >= 0.3 is 0 Å². The van der Waals surface area contributed by atoms with Gasteiger partial charge in [0.2, 0.25) is 0 Å². The highest BCUT2D eigenvalue weighted by Gasteiger charge is 2.17. The summed E-state index contributed by atoms with van der Waals surface area (Å²) in [6.07, 6.45) is 3.64. The predicted octanol–water partition coefficient (Wildman–Crippen LogP) is 10.9. The van der Waals surface area contributed by atoms with Crippen LogP contribution in [0.1, 0.15) is 0 Å². The van der Waals surface area contributed by atoms with Crippen molar-refractivity contribution >= 4 is 37.9 Å². The Kier molecular flexibility index (Phi) is 6.58. The van der Waals surface area contributed by atoms with E-state index in [0.717, 1.165) is 76.7 Å².